The van der Waals surface area contributed by atoms with Crippen molar-refractivity contribution in [1.29, 1.82) is 0 Å². The first kappa shape index (κ1) is 10.9. The molecule has 1 saturated heterocycles. The van der Waals surface area contributed by atoms with Crippen molar-refractivity contribution in [1.82, 2.24) is 5.32 Å². The molecule has 1 aromatic heterocycles. The number of carboxylic acids is 1. The Morgan fingerprint density at radius 3 is 2.94 bits per heavy atom. The molecule has 1 aliphatic rings. The molecule has 1 fully saturated rings. The lowest BCUT2D eigenvalue weighted by Crippen LogP contribution is -2.26. The molecule has 0 bridgehead atoms. The number of ether oxygens (including phenoxy) is 1. The minimum atomic E-state index is -1.08. The fourth-order valence-electron chi connectivity index (χ4n) is 1.81. The molecule has 0 aliphatic carbocycles. The monoisotopic (exact) mass is 241 g/mol. The number of amides is 1. The van der Waals surface area contributed by atoms with Crippen LogP contribution in [0.5, 0.6) is 5.06 Å². The van der Waals surface area contributed by atoms with Gasteiger partial charge in [0.05, 0.1) is 7.11 Å². The normalized spacial score (nSPS) is 24.2. The first-order valence-electron chi connectivity index (χ1n) is 4.77. The van der Waals surface area contributed by atoms with Crippen molar-refractivity contribution in [3.63, 3.8) is 0 Å². The Kier molecular flexibility index (Phi) is 2.82. The summed E-state index contributed by atoms with van der Waals surface area (Å²) < 4.78 is 5.04. The second-order valence-electron chi connectivity index (χ2n) is 3.53. The van der Waals surface area contributed by atoms with E-state index in [1.54, 1.807) is 13.2 Å². The van der Waals surface area contributed by atoms with E-state index in [1.165, 1.54) is 11.3 Å². The van der Waals surface area contributed by atoms with Crippen molar-refractivity contribution < 1.29 is 19.4 Å². The summed E-state index contributed by atoms with van der Waals surface area (Å²) in [6, 6.07) is 3.59. The van der Waals surface area contributed by atoms with Gasteiger partial charge in [0.2, 0.25) is 5.91 Å². The first-order chi connectivity index (χ1) is 7.63. The summed E-state index contributed by atoms with van der Waals surface area (Å²) in [5.41, 5.74) is 0. The van der Waals surface area contributed by atoms with Crippen LogP contribution in [0.25, 0.3) is 0 Å². The molecular formula is C10H11NO4S. The summed E-state index contributed by atoms with van der Waals surface area (Å²) in [7, 11) is 1.56. The number of rotatable bonds is 3. The van der Waals surface area contributed by atoms with Gasteiger partial charge in [-0.3, -0.25) is 9.59 Å². The topological polar surface area (TPSA) is 75.6 Å². The van der Waals surface area contributed by atoms with E-state index in [0.717, 1.165) is 9.94 Å². The van der Waals surface area contributed by atoms with Gasteiger partial charge < -0.3 is 15.2 Å². The van der Waals surface area contributed by atoms with Gasteiger partial charge in [-0.05, 0) is 12.1 Å². The maximum absolute atomic E-state index is 11.4. The highest BCUT2D eigenvalue weighted by molar-refractivity contribution is 7.13. The minimum Gasteiger partial charge on any atom is -0.487 e. The van der Waals surface area contributed by atoms with Gasteiger partial charge in [0.1, 0.15) is 5.92 Å². The van der Waals surface area contributed by atoms with Gasteiger partial charge in [-0.25, -0.2) is 0 Å². The highest BCUT2D eigenvalue weighted by atomic mass is 32.1. The zero-order valence-corrected chi connectivity index (χ0v) is 9.41. The summed E-state index contributed by atoms with van der Waals surface area (Å²) in [6.07, 6.45) is 0. The van der Waals surface area contributed by atoms with E-state index >= 15 is 0 Å². The van der Waals surface area contributed by atoms with Crippen molar-refractivity contribution in [3.8, 4) is 5.06 Å². The van der Waals surface area contributed by atoms with E-state index < -0.39 is 17.8 Å². The van der Waals surface area contributed by atoms with Crippen LogP contribution in [-0.4, -0.2) is 30.6 Å². The van der Waals surface area contributed by atoms with Crippen molar-refractivity contribution >= 4 is 23.2 Å². The van der Waals surface area contributed by atoms with Gasteiger partial charge in [-0.15, -0.1) is 11.3 Å². The maximum atomic E-state index is 11.4. The third-order valence-corrected chi connectivity index (χ3v) is 3.79. The van der Waals surface area contributed by atoms with Gasteiger partial charge >= 0.3 is 5.97 Å². The lowest BCUT2D eigenvalue weighted by molar-refractivity contribution is -0.145. The lowest BCUT2D eigenvalue weighted by Gasteiger charge is -2.09. The predicted molar refractivity (Wildman–Crippen MR) is 57.7 cm³/mol. The molecular weight excluding hydrogens is 230 g/mol. The molecule has 0 aromatic carbocycles. The average Bonchev–Trinajstić information content (AvgIpc) is 2.82. The van der Waals surface area contributed by atoms with Crippen LogP contribution in [0, 0.1) is 5.92 Å². The van der Waals surface area contributed by atoms with Crippen molar-refractivity contribution in [2.45, 2.75) is 5.92 Å². The number of aliphatic carboxylic acids is 1. The SMILES string of the molecule is COc1ccc([C@@H]2CNC(=O)[C@H]2C(=O)O)s1. The molecule has 1 aromatic rings. The van der Waals surface area contributed by atoms with E-state index in [0.29, 0.717) is 6.54 Å². The third kappa shape index (κ3) is 1.76. The summed E-state index contributed by atoms with van der Waals surface area (Å²) in [4.78, 5) is 23.2. The zero-order valence-electron chi connectivity index (χ0n) is 8.60. The second-order valence-corrected chi connectivity index (χ2v) is 4.61. The van der Waals surface area contributed by atoms with E-state index in [2.05, 4.69) is 5.32 Å². The number of hydrogen-bond donors (Lipinski definition) is 2. The number of thiophene rings is 1. The molecule has 6 heteroatoms. The summed E-state index contributed by atoms with van der Waals surface area (Å²) >= 11 is 1.38. The summed E-state index contributed by atoms with van der Waals surface area (Å²) in [6.45, 7) is 0.374. The van der Waals surface area contributed by atoms with Gasteiger partial charge in [0.25, 0.3) is 0 Å². The van der Waals surface area contributed by atoms with Crippen LogP contribution in [-0.2, 0) is 9.59 Å². The molecule has 1 aliphatic heterocycles. The molecule has 0 unspecified atom stereocenters. The van der Waals surface area contributed by atoms with Crippen LogP contribution in [0.2, 0.25) is 0 Å². The molecule has 0 spiro atoms. The Morgan fingerprint density at radius 1 is 1.62 bits per heavy atom. The Balaban J connectivity index is 2.26. The number of nitrogens with one attached hydrogen (secondary N) is 1. The fourth-order valence-corrected chi connectivity index (χ4v) is 2.77. The molecule has 0 saturated carbocycles. The number of hydrogen-bond acceptors (Lipinski definition) is 4. The zero-order chi connectivity index (χ0) is 11.7. The predicted octanol–water partition coefficient (Wildman–Crippen LogP) is 0.671. The lowest BCUT2D eigenvalue weighted by atomic mass is 9.94. The second kappa shape index (κ2) is 4.13. The maximum Gasteiger partial charge on any atom is 0.316 e. The van der Waals surface area contributed by atoms with E-state index in [1.807, 2.05) is 6.07 Å². The summed E-state index contributed by atoms with van der Waals surface area (Å²) in [5.74, 6) is -2.76. The highest BCUT2D eigenvalue weighted by Crippen LogP contribution is 2.36. The van der Waals surface area contributed by atoms with Gasteiger partial charge in [-0.1, -0.05) is 0 Å². The number of carboxylic acid groups (broad SMARTS) is 1. The minimum absolute atomic E-state index is 0.293. The largest absolute Gasteiger partial charge is 0.487 e. The van der Waals surface area contributed by atoms with Crippen molar-refractivity contribution in [2.75, 3.05) is 13.7 Å². The fraction of sp³-hybridized carbons (Fsp3) is 0.400. The summed E-state index contributed by atoms with van der Waals surface area (Å²) in [5, 5.41) is 12.3. The molecule has 2 heterocycles. The van der Waals surface area contributed by atoms with Crippen LogP contribution < -0.4 is 10.1 Å². The Hall–Kier alpha value is -1.56. The Morgan fingerprint density at radius 2 is 2.38 bits per heavy atom. The number of carbonyl (C=O) groups excluding carboxylic acids is 1. The van der Waals surface area contributed by atoms with Gasteiger partial charge in [-0.2, -0.15) is 0 Å². The van der Waals surface area contributed by atoms with Crippen LogP contribution in [0.3, 0.4) is 0 Å². The van der Waals surface area contributed by atoms with E-state index in [-0.39, 0.29) is 5.92 Å². The van der Waals surface area contributed by atoms with Crippen molar-refractivity contribution in [2.24, 2.45) is 5.92 Å². The average molecular weight is 241 g/mol. The Labute approximate surface area is 96.0 Å². The van der Waals surface area contributed by atoms with Gasteiger partial charge in [0.15, 0.2) is 5.06 Å². The molecule has 5 nitrogen and oxygen atoms in total. The first-order valence-corrected chi connectivity index (χ1v) is 5.59. The smallest absolute Gasteiger partial charge is 0.316 e. The molecule has 1 amide bonds. The molecule has 0 radical (unpaired) electrons. The molecule has 86 valence electrons. The van der Waals surface area contributed by atoms with Gasteiger partial charge in [0, 0.05) is 17.3 Å². The van der Waals surface area contributed by atoms with Crippen molar-refractivity contribution in [3.05, 3.63) is 17.0 Å². The molecule has 2 N–H and O–H groups in total. The molecule has 2 rings (SSSR count). The Bertz CT molecular complexity index is 428. The number of carbonyl (C=O) groups is 2. The third-order valence-electron chi connectivity index (χ3n) is 2.62. The van der Waals surface area contributed by atoms with Crippen LogP contribution in [0.4, 0.5) is 0 Å². The molecule has 16 heavy (non-hydrogen) atoms. The standard InChI is InChI=1S/C10H11NO4S/c1-15-7-3-2-6(16-7)5-4-11-9(12)8(5)10(13)14/h2-3,5,8H,4H2,1H3,(H,11,12)(H,13,14)/t5-,8-/m0/s1. The van der Waals surface area contributed by atoms with Crippen LogP contribution in [0.15, 0.2) is 12.1 Å². The van der Waals surface area contributed by atoms with E-state index in [4.69, 9.17) is 9.84 Å². The van der Waals surface area contributed by atoms with E-state index in [9.17, 15) is 9.59 Å². The number of methoxy groups -OCH3 is 1. The molecule has 2 atom stereocenters. The quantitative estimate of drug-likeness (QED) is 0.763. The highest BCUT2D eigenvalue weighted by Gasteiger charge is 2.41. The van der Waals surface area contributed by atoms with Crippen LogP contribution >= 0.6 is 11.3 Å². The van der Waals surface area contributed by atoms with Crippen LogP contribution in [0.1, 0.15) is 10.8 Å².